The van der Waals surface area contributed by atoms with Gasteiger partial charge in [-0.25, -0.2) is 0 Å². The second-order valence-electron chi connectivity index (χ2n) is 3.35. The zero-order chi connectivity index (χ0) is 11.8. The molecule has 0 atom stereocenters. The smallest absolute Gasteiger partial charge is 0.199 e. The predicted octanol–water partition coefficient (Wildman–Crippen LogP) is 2.08. The van der Waals surface area contributed by atoms with Crippen molar-refractivity contribution in [1.29, 1.82) is 0 Å². The van der Waals surface area contributed by atoms with Gasteiger partial charge in [0.1, 0.15) is 0 Å². The van der Waals surface area contributed by atoms with Crippen molar-refractivity contribution < 1.29 is 8.42 Å². The third kappa shape index (κ3) is 1.96. The molecule has 1 heterocycles. The van der Waals surface area contributed by atoms with Crippen molar-refractivity contribution in [2.75, 3.05) is 0 Å². The van der Waals surface area contributed by atoms with Crippen LogP contribution in [0.5, 0.6) is 0 Å². The summed E-state index contributed by atoms with van der Waals surface area (Å²) >= 11 is 5.69. The number of aromatic nitrogens is 2. The Morgan fingerprint density at radius 1 is 1.25 bits per heavy atom. The van der Waals surface area contributed by atoms with Gasteiger partial charge in [-0.15, -0.1) is 0 Å². The molecule has 0 fully saturated rings. The van der Waals surface area contributed by atoms with Crippen molar-refractivity contribution in [2.24, 2.45) is 0 Å². The zero-order valence-electron chi connectivity index (χ0n) is 8.46. The molecule has 16 heavy (non-hydrogen) atoms. The maximum absolute atomic E-state index is 12.0. The lowest BCUT2D eigenvalue weighted by atomic mass is 10.4. The molecule has 1 aromatic heterocycles. The Labute approximate surface area is 98.5 Å². The van der Waals surface area contributed by atoms with E-state index in [1.54, 1.807) is 6.92 Å². The van der Waals surface area contributed by atoms with E-state index in [0.29, 0.717) is 5.02 Å². The molecule has 0 saturated heterocycles. The van der Waals surface area contributed by atoms with Gasteiger partial charge >= 0.3 is 0 Å². The topological polar surface area (TPSA) is 52.0 Å². The highest BCUT2D eigenvalue weighted by Crippen LogP contribution is 2.16. The van der Waals surface area contributed by atoms with Crippen LogP contribution in [0.15, 0.2) is 41.6 Å². The lowest BCUT2D eigenvalue weighted by molar-refractivity contribution is 0.580. The Kier molecular flexibility index (Phi) is 2.73. The summed E-state index contributed by atoms with van der Waals surface area (Å²) in [7, 11) is -3.59. The molecule has 0 aliphatic heterocycles. The molecule has 4 nitrogen and oxygen atoms in total. The van der Waals surface area contributed by atoms with Gasteiger partial charge in [-0.3, -0.25) is 0 Å². The number of hydrogen-bond acceptors (Lipinski definition) is 3. The third-order valence-corrected chi connectivity index (χ3v) is 3.86. The molecule has 0 bridgehead atoms. The van der Waals surface area contributed by atoms with Gasteiger partial charge in [-0.05, 0) is 36.8 Å². The summed E-state index contributed by atoms with van der Waals surface area (Å²) in [6.45, 7) is 1.78. The number of nitrogens with zero attached hydrogens (tertiary/aromatic N) is 2. The van der Waals surface area contributed by atoms with Crippen LogP contribution in [0.4, 0.5) is 0 Å². The van der Waals surface area contributed by atoms with Crippen molar-refractivity contribution in [1.82, 2.24) is 9.19 Å². The van der Waals surface area contributed by atoms with Gasteiger partial charge < -0.3 is 0 Å². The Morgan fingerprint density at radius 2 is 1.88 bits per heavy atom. The first kappa shape index (κ1) is 11.2. The Hall–Kier alpha value is -1.33. The molecule has 0 saturated carbocycles. The van der Waals surface area contributed by atoms with Crippen molar-refractivity contribution in [3.8, 4) is 0 Å². The third-order valence-electron chi connectivity index (χ3n) is 2.05. The summed E-state index contributed by atoms with van der Waals surface area (Å²) in [4.78, 5) is 0.167. The number of hydrogen-bond donors (Lipinski definition) is 0. The van der Waals surface area contributed by atoms with Crippen LogP contribution in [0.3, 0.4) is 0 Å². The zero-order valence-corrected chi connectivity index (χ0v) is 10.0. The highest BCUT2D eigenvalue weighted by Gasteiger charge is 2.16. The summed E-state index contributed by atoms with van der Waals surface area (Å²) in [6.07, 6.45) is 2.96. The van der Waals surface area contributed by atoms with Gasteiger partial charge in [-0.2, -0.15) is 17.6 Å². The SMILES string of the molecule is Cc1cnn(S(=O)(=O)c2ccc(Cl)cc2)c1. The first-order valence-electron chi connectivity index (χ1n) is 4.52. The standard InChI is InChI=1S/C10H9ClN2O2S/c1-8-6-12-13(7-8)16(14,15)10-4-2-9(11)3-5-10/h2-7H,1H3. The van der Waals surface area contributed by atoms with E-state index in [9.17, 15) is 8.42 Å². The Bertz CT molecular complexity index is 602. The van der Waals surface area contributed by atoms with E-state index in [2.05, 4.69) is 5.10 Å². The van der Waals surface area contributed by atoms with Crippen molar-refractivity contribution in [3.05, 3.63) is 47.2 Å². The average molecular weight is 257 g/mol. The monoisotopic (exact) mass is 256 g/mol. The van der Waals surface area contributed by atoms with Gasteiger partial charge in [0.05, 0.1) is 11.1 Å². The Balaban J connectivity index is 2.51. The molecule has 0 radical (unpaired) electrons. The lowest BCUT2D eigenvalue weighted by Gasteiger charge is -2.03. The summed E-state index contributed by atoms with van der Waals surface area (Å²) in [6, 6.07) is 5.97. The first-order valence-corrected chi connectivity index (χ1v) is 6.34. The number of benzene rings is 1. The largest absolute Gasteiger partial charge is 0.282 e. The molecule has 0 N–H and O–H groups in total. The van der Waals surface area contributed by atoms with Gasteiger partial charge in [0.2, 0.25) is 0 Å². The first-order chi connectivity index (χ1) is 7.50. The fourth-order valence-corrected chi connectivity index (χ4v) is 2.53. The summed E-state index contributed by atoms with van der Waals surface area (Å²) in [5.41, 5.74) is 0.789. The minimum absolute atomic E-state index is 0.167. The van der Waals surface area contributed by atoms with Crippen LogP contribution >= 0.6 is 11.6 Å². The van der Waals surface area contributed by atoms with Crippen LogP contribution in [0.25, 0.3) is 0 Å². The Morgan fingerprint density at radius 3 is 2.38 bits per heavy atom. The minimum atomic E-state index is -3.59. The van der Waals surface area contributed by atoms with E-state index in [-0.39, 0.29) is 4.90 Å². The van der Waals surface area contributed by atoms with Crippen molar-refractivity contribution in [3.63, 3.8) is 0 Å². The van der Waals surface area contributed by atoms with Gasteiger partial charge in [0.15, 0.2) is 0 Å². The van der Waals surface area contributed by atoms with Crippen LogP contribution in [-0.4, -0.2) is 17.6 Å². The van der Waals surface area contributed by atoms with Crippen molar-refractivity contribution in [2.45, 2.75) is 11.8 Å². The molecule has 1 aromatic carbocycles. The van der Waals surface area contributed by atoms with Crippen LogP contribution in [0.2, 0.25) is 5.02 Å². The van der Waals surface area contributed by atoms with E-state index in [1.807, 2.05) is 0 Å². The molecule has 0 spiro atoms. The van der Waals surface area contributed by atoms with Gasteiger partial charge in [-0.1, -0.05) is 11.6 Å². The molecule has 0 amide bonds. The molecular formula is C10H9ClN2O2S. The van der Waals surface area contributed by atoms with E-state index in [1.165, 1.54) is 36.7 Å². The number of rotatable bonds is 2. The predicted molar refractivity (Wildman–Crippen MR) is 61.0 cm³/mol. The van der Waals surface area contributed by atoms with Gasteiger partial charge in [0.25, 0.3) is 10.0 Å². The molecule has 6 heteroatoms. The van der Waals surface area contributed by atoms with E-state index >= 15 is 0 Å². The number of aryl methyl sites for hydroxylation is 1. The molecule has 0 aliphatic carbocycles. The van der Waals surface area contributed by atoms with Crippen LogP contribution in [-0.2, 0) is 10.0 Å². The normalized spacial score (nSPS) is 11.6. The van der Waals surface area contributed by atoms with Crippen LogP contribution < -0.4 is 0 Å². The second kappa shape index (κ2) is 3.92. The average Bonchev–Trinajstić information content (AvgIpc) is 2.66. The highest BCUT2D eigenvalue weighted by atomic mass is 35.5. The maximum Gasteiger partial charge on any atom is 0.282 e. The molecule has 84 valence electrons. The quantitative estimate of drug-likeness (QED) is 0.827. The molecular weight excluding hydrogens is 248 g/mol. The van der Waals surface area contributed by atoms with E-state index in [4.69, 9.17) is 11.6 Å². The van der Waals surface area contributed by atoms with Crippen LogP contribution in [0, 0.1) is 6.92 Å². The number of halogens is 1. The molecule has 0 aliphatic rings. The van der Waals surface area contributed by atoms with Gasteiger partial charge in [0, 0.05) is 11.2 Å². The summed E-state index contributed by atoms with van der Waals surface area (Å²) < 4.78 is 25.0. The fraction of sp³-hybridized carbons (Fsp3) is 0.100. The fourth-order valence-electron chi connectivity index (χ4n) is 1.23. The lowest BCUT2D eigenvalue weighted by Crippen LogP contribution is -2.13. The minimum Gasteiger partial charge on any atom is -0.199 e. The van der Waals surface area contributed by atoms with E-state index in [0.717, 1.165) is 9.65 Å². The molecule has 0 unspecified atom stereocenters. The second-order valence-corrected chi connectivity index (χ2v) is 5.58. The summed E-state index contributed by atoms with van der Waals surface area (Å²) in [5.74, 6) is 0. The maximum atomic E-state index is 12.0. The molecule has 2 aromatic rings. The highest BCUT2D eigenvalue weighted by molar-refractivity contribution is 7.89. The molecule has 2 rings (SSSR count). The summed E-state index contributed by atoms with van der Waals surface area (Å²) in [5, 5.41) is 4.28. The van der Waals surface area contributed by atoms with E-state index < -0.39 is 10.0 Å². The van der Waals surface area contributed by atoms with Crippen molar-refractivity contribution >= 4 is 21.6 Å². The van der Waals surface area contributed by atoms with Crippen LogP contribution in [0.1, 0.15) is 5.56 Å².